The molecule has 0 aliphatic rings. The highest BCUT2D eigenvalue weighted by molar-refractivity contribution is 7.99. The summed E-state index contributed by atoms with van der Waals surface area (Å²) in [5.41, 5.74) is 4.02. The van der Waals surface area contributed by atoms with Gasteiger partial charge < -0.3 is 10.1 Å². The van der Waals surface area contributed by atoms with Gasteiger partial charge in [-0.25, -0.2) is 0 Å². The van der Waals surface area contributed by atoms with E-state index in [2.05, 4.69) is 40.4 Å². The van der Waals surface area contributed by atoms with Gasteiger partial charge in [0, 0.05) is 30.8 Å². The van der Waals surface area contributed by atoms with Gasteiger partial charge in [0.1, 0.15) is 0 Å². The molecule has 0 fully saturated rings. The Morgan fingerprint density at radius 2 is 1.97 bits per heavy atom. The summed E-state index contributed by atoms with van der Waals surface area (Å²) in [5, 5.41) is 12.4. The van der Waals surface area contributed by atoms with Crippen molar-refractivity contribution < 1.29 is 9.53 Å². The number of hydrogen-bond acceptors (Lipinski definition) is 6. The van der Waals surface area contributed by atoms with Gasteiger partial charge in [-0.1, -0.05) is 43.8 Å². The fourth-order valence-corrected chi connectivity index (χ4v) is 3.91. The molecule has 3 rings (SSSR count). The molecule has 158 valence electrons. The largest absolute Gasteiger partial charge is 0.383 e. The maximum absolute atomic E-state index is 12.7. The van der Waals surface area contributed by atoms with E-state index in [1.807, 2.05) is 35.8 Å². The minimum Gasteiger partial charge on any atom is -0.383 e. The summed E-state index contributed by atoms with van der Waals surface area (Å²) in [4.78, 5) is 16.7. The Morgan fingerprint density at radius 3 is 2.67 bits per heavy atom. The van der Waals surface area contributed by atoms with Crippen molar-refractivity contribution in [1.82, 2.24) is 19.7 Å². The third-order valence-electron chi connectivity index (χ3n) is 4.70. The Hall–Kier alpha value is -2.71. The molecule has 1 N–H and O–H groups in total. The zero-order chi connectivity index (χ0) is 21.5. The number of hydrogen-bond donors (Lipinski definition) is 1. The van der Waals surface area contributed by atoms with E-state index in [9.17, 15) is 4.79 Å². The van der Waals surface area contributed by atoms with Crippen LogP contribution in [0.4, 0.5) is 5.69 Å². The van der Waals surface area contributed by atoms with Crippen LogP contribution in [-0.2, 0) is 16.1 Å². The lowest BCUT2D eigenvalue weighted by Crippen LogP contribution is -2.17. The van der Waals surface area contributed by atoms with Gasteiger partial charge in [-0.2, -0.15) is 0 Å². The van der Waals surface area contributed by atoms with Gasteiger partial charge in [-0.15, -0.1) is 10.2 Å². The molecule has 0 bridgehead atoms. The van der Waals surface area contributed by atoms with Gasteiger partial charge in [-0.05, 0) is 36.1 Å². The van der Waals surface area contributed by atoms with Crippen molar-refractivity contribution in [2.24, 2.45) is 0 Å². The van der Waals surface area contributed by atoms with Crippen molar-refractivity contribution in [3.05, 3.63) is 53.9 Å². The zero-order valence-electron chi connectivity index (χ0n) is 17.8. The first kappa shape index (κ1) is 22.0. The Labute approximate surface area is 181 Å². The van der Waals surface area contributed by atoms with Gasteiger partial charge in [0.15, 0.2) is 11.0 Å². The second kappa shape index (κ2) is 10.4. The van der Waals surface area contributed by atoms with Gasteiger partial charge >= 0.3 is 0 Å². The highest BCUT2D eigenvalue weighted by Gasteiger charge is 2.17. The molecule has 2 aromatic heterocycles. The number of para-hydroxylation sites is 1. The standard InChI is InChI=1S/C22H27N5O2S/c1-15(2)18-7-5-6-16(3)20(18)24-19(28)14-30-22-26-25-21(27(22)12-13-29-4)17-8-10-23-11-9-17/h5-11,15H,12-14H2,1-4H3,(H,24,28). The summed E-state index contributed by atoms with van der Waals surface area (Å²) < 4.78 is 7.21. The molecule has 0 unspecified atom stereocenters. The number of nitrogens with zero attached hydrogens (tertiary/aromatic N) is 4. The number of pyridine rings is 1. The maximum Gasteiger partial charge on any atom is 0.234 e. The van der Waals surface area contributed by atoms with E-state index in [1.54, 1.807) is 19.5 Å². The van der Waals surface area contributed by atoms with Crippen molar-refractivity contribution in [3.8, 4) is 11.4 Å². The number of carbonyl (C=O) groups is 1. The number of anilines is 1. The number of thioether (sulfide) groups is 1. The van der Waals surface area contributed by atoms with E-state index in [4.69, 9.17) is 4.74 Å². The van der Waals surface area contributed by atoms with E-state index in [-0.39, 0.29) is 11.7 Å². The summed E-state index contributed by atoms with van der Waals surface area (Å²) in [7, 11) is 1.66. The second-order valence-electron chi connectivity index (χ2n) is 7.22. The lowest BCUT2D eigenvalue weighted by Gasteiger charge is -2.16. The van der Waals surface area contributed by atoms with Gasteiger partial charge in [0.2, 0.25) is 5.91 Å². The second-order valence-corrected chi connectivity index (χ2v) is 8.16. The molecule has 2 heterocycles. The molecule has 8 heteroatoms. The molecule has 0 saturated heterocycles. The van der Waals surface area contributed by atoms with Crippen LogP contribution in [0.25, 0.3) is 11.4 Å². The van der Waals surface area contributed by atoms with Crippen molar-refractivity contribution >= 4 is 23.4 Å². The molecule has 0 spiro atoms. The molecule has 7 nitrogen and oxygen atoms in total. The molecule has 1 aromatic carbocycles. The predicted molar refractivity (Wildman–Crippen MR) is 120 cm³/mol. The first-order valence-electron chi connectivity index (χ1n) is 9.86. The molecule has 1 amide bonds. The Balaban J connectivity index is 1.74. The number of amides is 1. The van der Waals surface area contributed by atoms with Crippen LogP contribution in [0.1, 0.15) is 30.9 Å². The van der Waals surface area contributed by atoms with Crippen molar-refractivity contribution in [3.63, 3.8) is 0 Å². The van der Waals surface area contributed by atoms with Crippen LogP contribution in [-0.4, -0.2) is 45.1 Å². The monoisotopic (exact) mass is 425 g/mol. The lowest BCUT2D eigenvalue weighted by molar-refractivity contribution is -0.113. The quantitative estimate of drug-likeness (QED) is 0.519. The van der Waals surface area contributed by atoms with E-state index in [1.165, 1.54) is 11.8 Å². The fourth-order valence-electron chi connectivity index (χ4n) is 3.14. The van der Waals surface area contributed by atoms with Crippen LogP contribution >= 0.6 is 11.8 Å². The van der Waals surface area contributed by atoms with Crippen molar-refractivity contribution in [2.75, 3.05) is 24.8 Å². The van der Waals surface area contributed by atoms with E-state index < -0.39 is 0 Å². The summed E-state index contributed by atoms with van der Waals surface area (Å²) in [6.07, 6.45) is 3.44. The summed E-state index contributed by atoms with van der Waals surface area (Å²) in [5.74, 6) is 1.24. The van der Waals surface area contributed by atoms with E-state index in [0.717, 1.165) is 28.2 Å². The predicted octanol–water partition coefficient (Wildman–Crippen LogP) is 4.15. The molecular weight excluding hydrogens is 398 g/mol. The fraction of sp³-hybridized carbons (Fsp3) is 0.364. The smallest absolute Gasteiger partial charge is 0.234 e. The number of carbonyl (C=O) groups excluding carboxylic acids is 1. The summed E-state index contributed by atoms with van der Waals surface area (Å²) in [6.45, 7) is 7.38. The first-order valence-corrected chi connectivity index (χ1v) is 10.8. The Morgan fingerprint density at radius 1 is 1.20 bits per heavy atom. The lowest BCUT2D eigenvalue weighted by atomic mass is 9.98. The summed E-state index contributed by atoms with van der Waals surface area (Å²) in [6, 6.07) is 9.87. The highest BCUT2D eigenvalue weighted by atomic mass is 32.2. The zero-order valence-corrected chi connectivity index (χ0v) is 18.6. The number of methoxy groups -OCH3 is 1. The number of aromatic nitrogens is 4. The summed E-state index contributed by atoms with van der Waals surface area (Å²) >= 11 is 1.37. The van der Waals surface area contributed by atoms with Gasteiger partial charge in [0.25, 0.3) is 0 Å². The average Bonchev–Trinajstić information content (AvgIpc) is 3.15. The third-order valence-corrected chi connectivity index (χ3v) is 5.66. The van der Waals surface area contributed by atoms with Crippen LogP contribution in [0, 0.1) is 6.92 Å². The van der Waals surface area contributed by atoms with Crippen LogP contribution in [0.3, 0.4) is 0 Å². The van der Waals surface area contributed by atoms with Crippen LogP contribution in [0.5, 0.6) is 0 Å². The Bertz CT molecular complexity index is 988. The minimum absolute atomic E-state index is 0.0667. The topological polar surface area (TPSA) is 81.9 Å². The number of benzene rings is 1. The molecule has 0 atom stereocenters. The molecule has 30 heavy (non-hydrogen) atoms. The molecule has 3 aromatic rings. The number of nitrogens with one attached hydrogen (secondary N) is 1. The van der Waals surface area contributed by atoms with Crippen molar-refractivity contribution in [2.45, 2.75) is 38.4 Å². The molecule has 0 radical (unpaired) electrons. The van der Waals surface area contributed by atoms with E-state index in [0.29, 0.717) is 24.2 Å². The third kappa shape index (κ3) is 5.25. The van der Waals surface area contributed by atoms with E-state index >= 15 is 0 Å². The first-order chi connectivity index (χ1) is 14.5. The van der Waals surface area contributed by atoms with Crippen LogP contribution < -0.4 is 5.32 Å². The van der Waals surface area contributed by atoms with Crippen LogP contribution in [0.2, 0.25) is 0 Å². The molecule has 0 saturated carbocycles. The van der Waals surface area contributed by atoms with Gasteiger partial charge in [-0.3, -0.25) is 14.3 Å². The van der Waals surface area contributed by atoms with Crippen molar-refractivity contribution in [1.29, 1.82) is 0 Å². The van der Waals surface area contributed by atoms with Crippen LogP contribution in [0.15, 0.2) is 47.9 Å². The average molecular weight is 426 g/mol. The molecule has 0 aliphatic heterocycles. The highest BCUT2D eigenvalue weighted by Crippen LogP contribution is 2.28. The normalized spacial score (nSPS) is 11.1. The van der Waals surface area contributed by atoms with Gasteiger partial charge in [0.05, 0.1) is 18.9 Å². The minimum atomic E-state index is -0.0667. The maximum atomic E-state index is 12.7. The molecule has 0 aliphatic carbocycles. The number of rotatable bonds is 9. The Kier molecular flexibility index (Phi) is 7.59. The SMILES string of the molecule is COCCn1c(SCC(=O)Nc2c(C)cccc2C(C)C)nnc1-c1ccncc1. The number of ether oxygens (including phenoxy) is 1. The molecular formula is C22H27N5O2S. The number of aryl methyl sites for hydroxylation is 1.